The highest BCUT2D eigenvalue weighted by atomic mass is 35.5. The first-order valence-electron chi connectivity index (χ1n) is 8.63. The van der Waals surface area contributed by atoms with Crippen LogP contribution >= 0.6 is 11.6 Å². The summed E-state index contributed by atoms with van der Waals surface area (Å²) in [5.74, 6) is 0.129. The van der Waals surface area contributed by atoms with Crippen LogP contribution in [0.1, 0.15) is 24.5 Å². The SMILES string of the molecule is CCc1ccc(-c2ccc(Cl)cc2)cc1C1=C(O)C2C=CC(C2)C1=O. The van der Waals surface area contributed by atoms with Crippen LogP contribution in [0.2, 0.25) is 5.02 Å². The third kappa shape index (κ3) is 2.71. The number of benzene rings is 2. The van der Waals surface area contributed by atoms with E-state index < -0.39 is 0 Å². The second kappa shape index (κ2) is 6.20. The summed E-state index contributed by atoms with van der Waals surface area (Å²) in [6.45, 7) is 2.07. The van der Waals surface area contributed by atoms with Crippen molar-refractivity contribution >= 4 is 23.0 Å². The number of fused-ring (bicyclic) bond motifs is 2. The van der Waals surface area contributed by atoms with Crippen LogP contribution in [-0.2, 0) is 11.2 Å². The Labute approximate surface area is 152 Å². The maximum absolute atomic E-state index is 12.9. The van der Waals surface area contributed by atoms with Gasteiger partial charge in [-0.3, -0.25) is 4.79 Å². The molecule has 0 fully saturated rings. The van der Waals surface area contributed by atoms with Gasteiger partial charge in [-0.05, 0) is 53.3 Å². The van der Waals surface area contributed by atoms with Gasteiger partial charge in [-0.1, -0.05) is 54.9 Å². The molecule has 2 aromatic rings. The molecule has 2 aromatic carbocycles. The van der Waals surface area contributed by atoms with Crippen LogP contribution < -0.4 is 0 Å². The number of carbonyl (C=O) groups excluding carboxylic acids is 1. The van der Waals surface area contributed by atoms with Gasteiger partial charge >= 0.3 is 0 Å². The molecule has 2 unspecified atom stereocenters. The summed E-state index contributed by atoms with van der Waals surface area (Å²) in [5.41, 5.74) is 4.49. The van der Waals surface area contributed by atoms with Gasteiger partial charge in [-0.15, -0.1) is 0 Å². The highest BCUT2D eigenvalue weighted by Crippen LogP contribution is 2.42. The minimum absolute atomic E-state index is 0.0263. The molecule has 0 radical (unpaired) electrons. The van der Waals surface area contributed by atoms with Crippen LogP contribution in [0.15, 0.2) is 60.4 Å². The number of ketones is 1. The van der Waals surface area contributed by atoms with Gasteiger partial charge in [-0.2, -0.15) is 0 Å². The minimum Gasteiger partial charge on any atom is -0.511 e. The summed E-state index contributed by atoms with van der Waals surface area (Å²) >= 11 is 5.98. The fourth-order valence-corrected chi connectivity index (χ4v) is 3.93. The van der Waals surface area contributed by atoms with Gasteiger partial charge in [0.2, 0.25) is 0 Å². The van der Waals surface area contributed by atoms with Crippen molar-refractivity contribution in [2.75, 3.05) is 0 Å². The number of aliphatic hydroxyl groups excluding tert-OH is 1. The molecule has 0 saturated heterocycles. The van der Waals surface area contributed by atoms with E-state index >= 15 is 0 Å². The van der Waals surface area contributed by atoms with Gasteiger partial charge in [0.1, 0.15) is 5.76 Å². The Hall–Kier alpha value is -2.32. The zero-order chi connectivity index (χ0) is 17.6. The molecule has 0 aromatic heterocycles. The van der Waals surface area contributed by atoms with Gasteiger partial charge in [0.25, 0.3) is 0 Å². The molecule has 2 aliphatic rings. The Morgan fingerprint density at radius 2 is 1.72 bits per heavy atom. The second-order valence-corrected chi connectivity index (χ2v) is 7.13. The summed E-state index contributed by atoms with van der Waals surface area (Å²) in [6.07, 6.45) is 5.40. The van der Waals surface area contributed by atoms with Gasteiger partial charge in [0.15, 0.2) is 5.78 Å². The standard InChI is InChI=1S/C22H19ClO2/c1-2-13-3-4-15(14-7-9-18(23)10-8-14)12-19(13)20-21(24)16-5-6-17(11-16)22(20)25/h3-10,12,16-17,24H,2,11H2,1H3. The lowest BCUT2D eigenvalue weighted by Gasteiger charge is -2.24. The van der Waals surface area contributed by atoms with Crippen molar-refractivity contribution < 1.29 is 9.90 Å². The van der Waals surface area contributed by atoms with E-state index in [-0.39, 0.29) is 23.4 Å². The first-order chi connectivity index (χ1) is 12.1. The molecule has 0 saturated carbocycles. The smallest absolute Gasteiger partial charge is 0.173 e. The third-order valence-corrected chi connectivity index (χ3v) is 5.46. The maximum atomic E-state index is 12.9. The molecule has 0 spiro atoms. The van der Waals surface area contributed by atoms with E-state index in [0.717, 1.165) is 28.7 Å². The average molecular weight is 351 g/mol. The molecule has 0 amide bonds. The Kier molecular flexibility index (Phi) is 4.01. The minimum atomic E-state index is -0.0974. The Bertz CT molecular complexity index is 906. The first-order valence-corrected chi connectivity index (χ1v) is 9.01. The molecule has 4 rings (SSSR count). The van der Waals surface area contributed by atoms with E-state index in [4.69, 9.17) is 11.6 Å². The number of hydrogen-bond acceptors (Lipinski definition) is 2. The number of halogens is 1. The van der Waals surface area contributed by atoms with Crippen molar-refractivity contribution in [3.8, 4) is 11.1 Å². The predicted molar refractivity (Wildman–Crippen MR) is 102 cm³/mol. The highest BCUT2D eigenvalue weighted by Gasteiger charge is 2.38. The number of hydrogen-bond donors (Lipinski definition) is 1. The van der Waals surface area contributed by atoms with E-state index in [1.165, 1.54) is 0 Å². The first kappa shape index (κ1) is 16.2. The van der Waals surface area contributed by atoms with Crippen LogP contribution in [0, 0.1) is 11.8 Å². The summed E-state index contributed by atoms with van der Waals surface area (Å²) in [4.78, 5) is 12.9. The van der Waals surface area contributed by atoms with E-state index in [2.05, 4.69) is 19.1 Å². The maximum Gasteiger partial charge on any atom is 0.173 e. The van der Waals surface area contributed by atoms with Crippen LogP contribution in [0.4, 0.5) is 0 Å². The molecule has 2 nitrogen and oxygen atoms in total. The number of aliphatic hydroxyl groups is 1. The largest absolute Gasteiger partial charge is 0.511 e. The normalized spacial score (nSPS) is 21.9. The third-order valence-electron chi connectivity index (χ3n) is 5.21. The van der Waals surface area contributed by atoms with Gasteiger partial charge < -0.3 is 5.11 Å². The van der Waals surface area contributed by atoms with E-state index in [1.54, 1.807) is 0 Å². The molecule has 2 atom stereocenters. The number of aryl methyl sites for hydroxylation is 1. The fourth-order valence-electron chi connectivity index (χ4n) is 3.80. The quantitative estimate of drug-likeness (QED) is 0.730. The molecule has 0 aliphatic heterocycles. The van der Waals surface area contributed by atoms with Crippen molar-refractivity contribution in [3.05, 3.63) is 76.5 Å². The molecule has 126 valence electrons. The molecule has 2 aliphatic carbocycles. The van der Waals surface area contributed by atoms with Crippen LogP contribution in [0.5, 0.6) is 0 Å². The average Bonchev–Trinajstić information content (AvgIpc) is 3.08. The van der Waals surface area contributed by atoms with E-state index in [9.17, 15) is 9.90 Å². The fraction of sp³-hybridized carbons (Fsp3) is 0.227. The summed E-state index contributed by atoms with van der Waals surface area (Å²) in [7, 11) is 0. The Balaban J connectivity index is 1.86. The summed E-state index contributed by atoms with van der Waals surface area (Å²) < 4.78 is 0. The van der Waals surface area contributed by atoms with Gasteiger partial charge in [0, 0.05) is 16.9 Å². The van der Waals surface area contributed by atoms with Crippen LogP contribution in [0.25, 0.3) is 16.7 Å². The lowest BCUT2D eigenvalue weighted by atomic mass is 9.80. The van der Waals surface area contributed by atoms with Crippen molar-refractivity contribution in [2.45, 2.75) is 19.8 Å². The number of Topliss-reactive ketones (excluding diaryl/α,β-unsaturated/α-hetero) is 1. The lowest BCUT2D eigenvalue weighted by molar-refractivity contribution is -0.116. The molecule has 0 heterocycles. The lowest BCUT2D eigenvalue weighted by Crippen LogP contribution is -2.22. The zero-order valence-electron chi connectivity index (χ0n) is 14.0. The number of carbonyl (C=O) groups is 1. The van der Waals surface area contributed by atoms with Crippen molar-refractivity contribution in [2.24, 2.45) is 11.8 Å². The van der Waals surface area contributed by atoms with Gasteiger partial charge in [-0.25, -0.2) is 0 Å². The van der Waals surface area contributed by atoms with E-state index in [1.807, 2.05) is 42.5 Å². The van der Waals surface area contributed by atoms with Crippen molar-refractivity contribution in [1.82, 2.24) is 0 Å². The highest BCUT2D eigenvalue weighted by molar-refractivity contribution is 6.30. The summed E-state index contributed by atoms with van der Waals surface area (Å²) in [5, 5.41) is 11.4. The topological polar surface area (TPSA) is 37.3 Å². The molecule has 25 heavy (non-hydrogen) atoms. The van der Waals surface area contributed by atoms with Crippen LogP contribution in [0.3, 0.4) is 0 Å². The monoisotopic (exact) mass is 350 g/mol. The summed E-state index contributed by atoms with van der Waals surface area (Å²) in [6, 6.07) is 13.8. The molecule has 1 N–H and O–H groups in total. The zero-order valence-corrected chi connectivity index (χ0v) is 14.8. The van der Waals surface area contributed by atoms with Crippen LogP contribution in [-0.4, -0.2) is 10.9 Å². The molecular weight excluding hydrogens is 332 g/mol. The molecular formula is C22H19ClO2. The molecule has 3 heteroatoms. The van der Waals surface area contributed by atoms with E-state index in [0.29, 0.717) is 17.0 Å². The van der Waals surface area contributed by atoms with Crippen molar-refractivity contribution in [3.63, 3.8) is 0 Å². The predicted octanol–water partition coefficient (Wildman–Crippen LogP) is 5.61. The second-order valence-electron chi connectivity index (χ2n) is 6.69. The number of allylic oxidation sites excluding steroid dienone is 3. The Morgan fingerprint density at radius 3 is 2.44 bits per heavy atom. The van der Waals surface area contributed by atoms with Gasteiger partial charge in [0.05, 0.1) is 5.57 Å². The Morgan fingerprint density at radius 1 is 1.04 bits per heavy atom. The van der Waals surface area contributed by atoms with Crippen molar-refractivity contribution in [1.29, 1.82) is 0 Å². The molecule has 2 bridgehead atoms. The number of rotatable bonds is 3.